The Hall–Kier alpha value is -2.28. The van der Waals surface area contributed by atoms with E-state index in [0.29, 0.717) is 5.56 Å². The third kappa shape index (κ3) is 5.25. The van der Waals surface area contributed by atoms with E-state index < -0.39 is 11.4 Å². The zero-order chi connectivity index (χ0) is 16.9. The Morgan fingerprint density at radius 3 is 2.36 bits per heavy atom. The number of nitrogens with zero attached hydrogens (tertiary/aromatic N) is 1. The van der Waals surface area contributed by atoms with Crippen LogP contribution in [0.15, 0.2) is 24.3 Å². The molecular formula is C18H24N2O2. The molecule has 0 aliphatic carbocycles. The van der Waals surface area contributed by atoms with Gasteiger partial charge in [0, 0.05) is 11.5 Å². The van der Waals surface area contributed by atoms with Gasteiger partial charge in [0.25, 0.3) is 5.91 Å². The summed E-state index contributed by atoms with van der Waals surface area (Å²) in [5.74, 6) is 4.77. The molecule has 0 saturated carbocycles. The molecule has 0 radical (unpaired) electrons. The third-order valence-electron chi connectivity index (χ3n) is 2.84. The van der Waals surface area contributed by atoms with E-state index >= 15 is 0 Å². The fraction of sp³-hybridized carbons (Fsp3) is 0.444. The molecule has 1 aromatic rings. The van der Waals surface area contributed by atoms with Crippen molar-refractivity contribution in [1.29, 1.82) is 0 Å². The van der Waals surface area contributed by atoms with Gasteiger partial charge in [-0.05, 0) is 45.7 Å². The molecule has 0 atom stereocenters. The van der Waals surface area contributed by atoms with Crippen molar-refractivity contribution in [1.82, 2.24) is 10.4 Å². The lowest BCUT2D eigenvalue weighted by Gasteiger charge is -2.33. The largest absolute Gasteiger partial charge is 0.317 e. The number of hydrogen-bond acceptors (Lipinski definition) is 2. The van der Waals surface area contributed by atoms with Crippen LogP contribution >= 0.6 is 0 Å². The molecule has 22 heavy (non-hydrogen) atoms. The summed E-state index contributed by atoms with van der Waals surface area (Å²) in [5.41, 5.74) is 3.60. The normalized spacial score (nSPS) is 10.7. The number of nitrogens with one attached hydrogen (secondary N) is 1. The fourth-order valence-corrected chi connectivity index (χ4v) is 1.74. The third-order valence-corrected chi connectivity index (χ3v) is 2.84. The molecule has 0 fully saturated rings. The van der Waals surface area contributed by atoms with Crippen molar-refractivity contribution in [3.63, 3.8) is 0 Å². The Morgan fingerprint density at radius 1 is 1.23 bits per heavy atom. The van der Waals surface area contributed by atoms with Gasteiger partial charge in [-0.3, -0.25) is 15.0 Å². The standard InChI is InChI=1S/C18H24N2O2/c1-13(2)10-11-16(21)20(18(4,5)6)19-17(22)15-9-7-8-14(3)12-15/h7-9,12-13H,1-6H3,(H,19,22). The van der Waals surface area contributed by atoms with Crippen molar-refractivity contribution in [2.75, 3.05) is 0 Å². The van der Waals surface area contributed by atoms with Crippen molar-refractivity contribution in [2.24, 2.45) is 5.92 Å². The van der Waals surface area contributed by atoms with E-state index in [4.69, 9.17) is 0 Å². The van der Waals surface area contributed by atoms with E-state index in [9.17, 15) is 9.59 Å². The van der Waals surface area contributed by atoms with Crippen molar-refractivity contribution in [2.45, 2.75) is 47.1 Å². The second-order valence-electron chi connectivity index (χ2n) is 6.55. The first-order valence-corrected chi connectivity index (χ1v) is 7.34. The van der Waals surface area contributed by atoms with Crippen molar-refractivity contribution in [3.8, 4) is 11.8 Å². The maximum Gasteiger partial charge on any atom is 0.317 e. The zero-order valence-electron chi connectivity index (χ0n) is 14.2. The van der Waals surface area contributed by atoms with Gasteiger partial charge in [0.15, 0.2) is 0 Å². The molecule has 2 amide bonds. The van der Waals surface area contributed by atoms with Gasteiger partial charge in [0.2, 0.25) is 0 Å². The summed E-state index contributed by atoms with van der Waals surface area (Å²) < 4.78 is 0. The van der Waals surface area contributed by atoms with E-state index in [-0.39, 0.29) is 11.8 Å². The predicted molar refractivity (Wildman–Crippen MR) is 87.9 cm³/mol. The van der Waals surface area contributed by atoms with E-state index in [1.807, 2.05) is 53.7 Å². The molecule has 4 heteroatoms. The van der Waals surface area contributed by atoms with Gasteiger partial charge in [0.1, 0.15) is 0 Å². The quantitative estimate of drug-likeness (QED) is 0.640. The van der Waals surface area contributed by atoms with Gasteiger partial charge in [-0.25, -0.2) is 5.01 Å². The molecule has 4 nitrogen and oxygen atoms in total. The van der Waals surface area contributed by atoms with Gasteiger partial charge in [-0.1, -0.05) is 37.5 Å². The smallest absolute Gasteiger partial charge is 0.267 e. The first-order chi connectivity index (χ1) is 10.1. The highest BCUT2D eigenvalue weighted by atomic mass is 16.2. The van der Waals surface area contributed by atoms with Gasteiger partial charge < -0.3 is 0 Å². The number of carbonyl (C=O) groups is 2. The van der Waals surface area contributed by atoms with Gasteiger partial charge in [-0.2, -0.15) is 0 Å². The number of carbonyl (C=O) groups excluding carboxylic acids is 2. The minimum absolute atomic E-state index is 0.0956. The molecule has 1 rings (SSSR count). The van der Waals surface area contributed by atoms with E-state index in [0.717, 1.165) is 5.56 Å². The van der Waals surface area contributed by atoms with Gasteiger partial charge in [-0.15, -0.1) is 0 Å². The lowest BCUT2D eigenvalue weighted by atomic mass is 10.1. The van der Waals surface area contributed by atoms with Crippen molar-refractivity contribution < 1.29 is 9.59 Å². The van der Waals surface area contributed by atoms with Crippen LogP contribution in [0.3, 0.4) is 0 Å². The first kappa shape index (κ1) is 17.8. The molecule has 0 spiro atoms. The Labute approximate surface area is 132 Å². The molecule has 0 heterocycles. The average molecular weight is 300 g/mol. The van der Waals surface area contributed by atoms with Crippen LogP contribution in [-0.2, 0) is 4.79 Å². The maximum absolute atomic E-state index is 12.3. The molecule has 0 aliphatic rings. The molecule has 0 saturated heterocycles. The molecular weight excluding hydrogens is 276 g/mol. The van der Waals surface area contributed by atoms with Crippen LogP contribution in [0.2, 0.25) is 0 Å². The molecule has 118 valence electrons. The summed E-state index contributed by atoms with van der Waals surface area (Å²) in [4.78, 5) is 24.6. The van der Waals surface area contributed by atoms with Crippen LogP contribution in [0.5, 0.6) is 0 Å². The average Bonchev–Trinajstić information content (AvgIpc) is 2.40. The number of aryl methyl sites for hydroxylation is 1. The summed E-state index contributed by atoms with van der Waals surface area (Å²) in [7, 11) is 0. The number of amides is 2. The van der Waals surface area contributed by atoms with Crippen molar-refractivity contribution >= 4 is 11.8 Å². The maximum atomic E-state index is 12.3. The number of hydrazine groups is 1. The Balaban J connectivity index is 2.98. The van der Waals surface area contributed by atoms with Crippen LogP contribution in [0, 0.1) is 24.7 Å². The molecule has 0 aromatic heterocycles. The minimum atomic E-state index is -0.567. The second-order valence-corrected chi connectivity index (χ2v) is 6.55. The lowest BCUT2D eigenvalue weighted by Crippen LogP contribution is -2.55. The van der Waals surface area contributed by atoms with Crippen molar-refractivity contribution in [3.05, 3.63) is 35.4 Å². The van der Waals surface area contributed by atoms with Crippen LogP contribution in [0.1, 0.15) is 50.5 Å². The van der Waals surface area contributed by atoms with Crippen LogP contribution in [0.4, 0.5) is 0 Å². The van der Waals surface area contributed by atoms with E-state index in [1.54, 1.807) is 12.1 Å². The Bertz CT molecular complexity index is 616. The summed E-state index contributed by atoms with van der Waals surface area (Å²) >= 11 is 0. The molecule has 1 aromatic carbocycles. The SMILES string of the molecule is Cc1cccc(C(=O)NN(C(=O)C#CC(C)C)C(C)(C)C)c1. The highest BCUT2D eigenvalue weighted by Crippen LogP contribution is 2.12. The zero-order valence-corrected chi connectivity index (χ0v) is 14.2. The molecule has 0 aliphatic heterocycles. The first-order valence-electron chi connectivity index (χ1n) is 7.34. The monoisotopic (exact) mass is 300 g/mol. The van der Waals surface area contributed by atoms with E-state index in [2.05, 4.69) is 17.3 Å². The van der Waals surface area contributed by atoms with Gasteiger partial charge in [0.05, 0.1) is 5.54 Å². The number of rotatable bonds is 1. The van der Waals surface area contributed by atoms with Crippen LogP contribution in [0.25, 0.3) is 0 Å². The summed E-state index contributed by atoms with van der Waals surface area (Å²) in [6.07, 6.45) is 0. The summed E-state index contributed by atoms with van der Waals surface area (Å²) in [5, 5.41) is 1.28. The minimum Gasteiger partial charge on any atom is -0.267 e. The van der Waals surface area contributed by atoms with Crippen LogP contribution in [-0.4, -0.2) is 22.4 Å². The Morgan fingerprint density at radius 2 is 1.86 bits per heavy atom. The predicted octanol–water partition coefficient (Wildman–Crippen LogP) is 2.93. The Kier molecular flexibility index (Phi) is 5.76. The fourth-order valence-electron chi connectivity index (χ4n) is 1.74. The summed E-state index contributed by atoms with van der Waals surface area (Å²) in [6, 6.07) is 7.22. The van der Waals surface area contributed by atoms with E-state index in [1.165, 1.54) is 5.01 Å². The number of hydrogen-bond donors (Lipinski definition) is 1. The molecule has 1 N–H and O–H groups in total. The van der Waals surface area contributed by atoms with Gasteiger partial charge >= 0.3 is 5.91 Å². The highest BCUT2D eigenvalue weighted by molar-refractivity contribution is 5.99. The van der Waals surface area contributed by atoms with Crippen LogP contribution < -0.4 is 5.43 Å². The highest BCUT2D eigenvalue weighted by Gasteiger charge is 2.27. The molecule has 0 bridgehead atoms. The topological polar surface area (TPSA) is 49.4 Å². The molecule has 0 unspecified atom stereocenters. The lowest BCUT2D eigenvalue weighted by molar-refractivity contribution is -0.132. The second kappa shape index (κ2) is 7.13. The summed E-state index contributed by atoms with van der Waals surface area (Å²) in [6.45, 7) is 11.3. The number of benzene rings is 1.